The molecule has 0 saturated heterocycles. The number of rotatable bonds is 6. The molecule has 3 nitrogen and oxygen atoms in total. The number of hydrogen-bond donors (Lipinski definition) is 0. The second kappa shape index (κ2) is 6.62. The van der Waals surface area contributed by atoms with Crippen LogP contribution in [0, 0.1) is 0 Å². The lowest BCUT2D eigenvalue weighted by Gasteiger charge is -2.19. The lowest BCUT2D eigenvalue weighted by Crippen LogP contribution is -2.26. The smallest absolute Gasteiger partial charge is 0.0863 e. The highest BCUT2D eigenvalue weighted by molar-refractivity contribution is 9.09. The minimum absolute atomic E-state index is 0.832. The van der Waals surface area contributed by atoms with E-state index < -0.39 is 0 Å². The molecule has 0 fully saturated rings. The molecule has 16 heavy (non-hydrogen) atoms. The van der Waals surface area contributed by atoms with Gasteiger partial charge in [-0.2, -0.15) is 5.10 Å². The highest BCUT2D eigenvalue weighted by Crippen LogP contribution is 2.22. The molecule has 0 saturated carbocycles. The molecule has 0 atom stereocenters. The predicted molar refractivity (Wildman–Crippen MR) is 72.3 cm³/mol. The summed E-state index contributed by atoms with van der Waals surface area (Å²) in [5, 5.41) is 6.24. The average Bonchev–Trinajstić information content (AvgIpc) is 2.55. The summed E-state index contributed by atoms with van der Waals surface area (Å²) in [6, 6.07) is 0. The summed E-state index contributed by atoms with van der Waals surface area (Å²) >= 11 is 9.77. The number of halogens is 2. The van der Waals surface area contributed by atoms with Crippen LogP contribution >= 0.6 is 27.5 Å². The molecular formula is C11H19BrClN3. The summed E-state index contributed by atoms with van der Waals surface area (Å²) in [6.45, 7) is 7.15. The zero-order chi connectivity index (χ0) is 12.1. The first-order valence-corrected chi connectivity index (χ1v) is 7.12. The van der Waals surface area contributed by atoms with Crippen LogP contribution in [0.5, 0.6) is 0 Å². The van der Waals surface area contributed by atoms with Crippen molar-refractivity contribution in [3.63, 3.8) is 0 Å². The van der Waals surface area contributed by atoms with Crippen molar-refractivity contribution in [2.75, 3.05) is 18.4 Å². The van der Waals surface area contributed by atoms with Crippen molar-refractivity contribution in [1.82, 2.24) is 14.7 Å². The molecule has 0 spiro atoms. The van der Waals surface area contributed by atoms with Gasteiger partial charge in [0.1, 0.15) is 0 Å². The van der Waals surface area contributed by atoms with E-state index in [-0.39, 0.29) is 0 Å². The van der Waals surface area contributed by atoms with Gasteiger partial charge in [-0.15, -0.1) is 0 Å². The van der Waals surface area contributed by atoms with Gasteiger partial charge in [0.05, 0.1) is 16.4 Å². The van der Waals surface area contributed by atoms with Crippen molar-refractivity contribution < 1.29 is 0 Å². The molecule has 0 aliphatic carbocycles. The Hall–Kier alpha value is -0.0600. The van der Waals surface area contributed by atoms with Crippen LogP contribution < -0.4 is 0 Å². The van der Waals surface area contributed by atoms with Gasteiger partial charge in [0, 0.05) is 25.5 Å². The third kappa shape index (κ3) is 3.22. The van der Waals surface area contributed by atoms with Crippen LogP contribution in [0.25, 0.3) is 0 Å². The molecule has 0 aromatic carbocycles. The van der Waals surface area contributed by atoms with Crippen LogP contribution in [0.3, 0.4) is 0 Å². The molecule has 1 rings (SSSR count). The quantitative estimate of drug-likeness (QED) is 0.754. The predicted octanol–water partition coefficient (Wildman–Crippen LogP) is 2.85. The number of aromatic nitrogens is 2. The Morgan fingerprint density at radius 1 is 1.44 bits per heavy atom. The van der Waals surface area contributed by atoms with Crippen molar-refractivity contribution in [3.8, 4) is 0 Å². The maximum absolute atomic E-state index is 6.31. The van der Waals surface area contributed by atoms with E-state index in [0.29, 0.717) is 0 Å². The SMILES string of the molecule is CCc1nn(C)c(CN(CC)CCBr)c1Cl. The van der Waals surface area contributed by atoms with Gasteiger partial charge in [0.2, 0.25) is 0 Å². The van der Waals surface area contributed by atoms with Gasteiger partial charge in [-0.3, -0.25) is 9.58 Å². The zero-order valence-electron chi connectivity index (χ0n) is 10.1. The number of hydrogen-bond acceptors (Lipinski definition) is 2. The summed E-state index contributed by atoms with van der Waals surface area (Å²) < 4.78 is 1.90. The Morgan fingerprint density at radius 2 is 2.12 bits per heavy atom. The first kappa shape index (κ1) is 14.0. The maximum Gasteiger partial charge on any atom is 0.0863 e. The molecule has 0 aliphatic heterocycles. The lowest BCUT2D eigenvalue weighted by atomic mass is 10.3. The van der Waals surface area contributed by atoms with E-state index >= 15 is 0 Å². The van der Waals surface area contributed by atoms with Crippen LogP contribution in [0.15, 0.2) is 0 Å². The third-order valence-electron chi connectivity index (χ3n) is 2.72. The van der Waals surface area contributed by atoms with E-state index in [4.69, 9.17) is 11.6 Å². The second-order valence-electron chi connectivity index (χ2n) is 3.74. The second-order valence-corrected chi connectivity index (χ2v) is 4.91. The summed E-state index contributed by atoms with van der Waals surface area (Å²) in [5.41, 5.74) is 2.11. The minimum Gasteiger partial charge on any atom is -0.297 e. The topological polar surface area (TPSA) is 21.1 Å². The van der Waals surface area contributed by atoms with Gasteiger partial charge in [-0.1, -0.05) is 41.4 Å². The Morgan fingerprint density at radius 3 is 2.56 bits per heavy atom. The highest BCUT2D eigenvalue weighted by Gasteiger charge is 2.15. The summed E-state index contributed by atoms with van der Waals surface area (Å²) in [4.78, 5) is 2.34. The average molecular weight is 309 g/mol. The molecule has 92 valence electrons. The standard InChI is InChI=1S/C11H19BrClN3/c1-4-9-11(13)10(15(3)14-9)8-16(5-2)7-6-12/h4-8H2,1-3H3. The third-order valence-corrected chi connectivity index (χ3v) is 3.52. The summed E-state index contributed by atoms with van der Waals surface area (Å²) in [5.74, 6) is 0. The Kier molecular flexibility index (Phi) is 5.79. The van der Waals surface area contributed by atoms with Gasteiger partial charge in [0.25, 0.3) is 0 Å². The van der Waals surface area contributed by atoms with Crippen LogP contribution in [0.1, 0.15) is 25.2 Å². The van der Waals surface area contributed by atoms with Gasteiger partial charge < -0.3 is 0 Å². The van der Waals surface area contributed by atoms with E-state index in [1.807, 2.05) is 11.7 Å². The van der Waals surface area contributed by atoms with Gasteiger partial charge >= 0.3 is 0 Å². The summed E-state index contributed by atoms with van der Waals surface area (Å²) in [6.07, 6.45) is 0.886. The number of aryl methyl sites for hydroxylation is 2. The fraction of sp³-hybridized carbons (Fsp3) is 0.727. The molecule has 0 radical (unpaired) electrons. The van der Waals surface area contributed by atoms with E-state index in [2.05, 4.69) is 39.8 Å². The molecule has 1 aromatic rings. The van der Waals surface area contributed by atoms with Crippen LogP contribution in [0.4, 0.5) is 0 Å². The van der Waals surface area contributed by atoms with Crippen LogP contribution in [0.2, 0.25) is 5.02 Å². The Balaban J connectivity index is 2.82. The van der Waals surface area contributed by atoms with Crippen LogP contribution in [-0.2, 0) is 20.0 Å². The highest BCUT2D eigenvalue weighted by atomic mass is 79.9. The molecule has 0 unspecified atom stereocenters. The largest absolute Gasteiger partial charge is 0.297 e. The molecule has 0 aliphatic rings. The summed E-state index contributed by atoms with van der Waals surface area (Å²) in [7, 11) is 1.96. The normalized spacial score (nSPS) is 11.4. The fourth-order valence-corrected chi connectivity index (χ4v) is 2.53. The molecule has 0 amide bonds. The van der Waals surface area contributed by atoms with E-state index in [9.17, 15) is 0 Å². The number of alkyl halides is 1. The van der Waals surface area contributed by atoms with Crippen LogP contribution in [-0.4, -0.2) is 33.1 Å². The van der Waals surface area contributed by atoms with Crippen molar-refractivity contribution in [2.24, 2.45) is 7.05 Å². The van der Waals surface area contributed by atoms with Crippen molar-refractivity contribution in [1.29, 1.82) is 0 Å². The Labute approximate surface area is 111 Å². The first-order valence-electron chi connectivity index (χ1n) is 5.62. The van der Waals surface area contributed by atoms with Gasteiger partial charge in [-0.25, -0.2) is 0 Å². The molecule has 1 heterocycles. The van der Waals surface area contributed by atoms with E-state index in [1.165, 1.54) is 0 Å². The van der Waals surface area contributed by atoms with Crippen molar-refractivity contribution in [2.45, 2.75) is 26.8 Å². The maximum atomic E-state index is 6.31. The zero-order valence-corrected chi connectivity index (χ0v) is 12.5. The van der Waals surface area contributed by atoms with Gasteiger partial charge in [0.15, 0.2) is 0 Å². The molecule has 0 N–H and O–H groups in total. The molecular weight excluding hydrogens is 289 g/mol. The van der Waals surface area contributed by atoms with E-state index in [1.54, 1.807) is 0 Å². The van der Waals surface area contributed by atoms with Gasteiger partial charge in [-0.05, 0) is 13.0 Å². The molecule has 5 heteroatoms. The van der Waals surface area contributed by atoms with Crippen molar-refractivity contribution >= 4 is 27.5 Å². The Bertz CT molecular complexity index is 338. The minimum atomic E-state index is 0.832. The molecule has 0 bridgehead atoms. The first-order chi connectivity index (χ1) is 7.63. The fourth-order valence-electron chi connectivity index (χ4n) is 1.67. The monoisotopic (exact) mass is 307 g/mol. The molecule has 1 aromatic heterocycles. The van der Waals surface area contributed by atoms with Crippen molar-refractivity contribution in [3.05, 3.63) is 16.4 Å². The lowest BCUT2D eigenvalue weighted by molar-refractivity contribution is 0.290. The number of nitrogens with zero attached hydrogens (tertiary/aromatic N) is 3. The van der Waals surface area contributed by atoms with E-state index in [0.717, 1.165) is 47.8 Å².